The van der Waals surface area contributed by atoms with Crippen LogP contribution in [0.4, 0.5) is 16.2 Å². The topological polar surface area (TPSA) is 57.7 Å². The third kappa shape index (κ3) is 2.37. The van der Waals surface area contributed by atoms with Crippen molar-refractivity contribution < 1.29 is 14.4 Å². The standard InChI is InChI=1S/C19H11ClN2O3/c20-13-7-4-8-14(11-13)21-17(23)18(24)22(19(21)25)16-10-3-6-12-5-1-2-9-15(12)16/h1-11H. The van der Waals surface area contributed by atoms with Crippen molar-refractivity contribution in [1.29, 1.82) is 0 Å². The zero-order valence-corrected chi connectivity index (χ0v) is 13.6. The zero-order valence-electron chi connectivity index (χ0n) is 12.8. The van der Waals surface area contributed by atoms with Crippen molar-refractivity contribution in [2.24, 2.45) is 0 Å². The Bertz CT molecular complexity index is 1040. The summed E-state index contributed by atoms with van der Waals surface area (Å²) in [5, 5.41) is 1.95. The Kier molecular flexibility index (Phi) is 3.51. The third-order valence-electron chi connectivity index (χ3n) is 4.05. The number of carbonyl (C=O) groups is 3. The number of fused-ring (bicyclic) bond motifs is 1. The number of benzene rings is 3. The summed E-state index contributed by atoms with van der Waals surface area (Å²) in [6.45, 7) is 0. The number of urea groups is 1. The first-order valence-corrected chi connectivity index (χ1v) is 7.91. The van der Waals surface area contributed by atoms with E-state index in [-0.39, 0.29) is 5.69 Å². The Morgan fingerprint density at radius 3 is 2.20 bits per heavy atom. The molecular formula is C19H11ClN2O3. The van der Waals surface area contributed by atoms with Gasteiger partial charge in [-0.2, -0.15) is 0 Å². The van der Waals surface area contributed by atoms with E-state index in [1.807, 2.05) is 24.3 Å². The van der Waals surface area contributed by atoms with Gasteiger partial charge in [-0.05, 0) is 29.7 Å². The highest BCUT2D eigenvalue weighted by Gasteiger charge is 2.46. The van der Waals surface area contributed by atoms with Crippen molar-refractivity contribution in [3.05, 3.63) is 71.8 Å². The first-order valence-electron chi connectivity index (χ1n) is 7.54. The van der Waals surface area contributed by atoms with Gasteiger partial charge in [-0.3, -0.25) is 9.59 Å². The SMILES string of the molecule is O=C1C(=O)N(c2cccc3ccccc23)C(=O)N1c1cccc(Cl)c1. The summed E-state index contributed by atoms with van der Waals surface area (Å²) in [6, 6.07) is 18.2. The van der Waals surface area contributed by atoms with E-state index in [1.54, 1.807) is 36.4 Å². The zero-order chi connectivity index (χ0) is 17.6. The summed E-state index contributed by atoms with van der Waals surface area (Å²) >= 11 is 5.94. The van der Waals surface area contributed by atoms with E-state index in [0.717, 1.165) is 15.2 Å². The lowest BCUT2D eigenvalue weighted by molar-refractivity contribution is -0.133. The molecule has 0 atom stereocenters. The Hall–Kier alpha value is -3.18. The number of rotatable bonds is 2. The van der Waals surface area contributed by atoms with Crippen LogP contribution in [-0.4, -0.2) is 17.8 Å². The first kappa shape index (κ1) is 15.4. The molecule has 0 aromatic heterocycles. The number of anilines is 2. The van der Waals surface area contributed by atoms with Gasteiger partial charge >= 0.3 is 17.8 Å². The van der Waals surface area contributed by atoms with Crippen molar-refractivity contribution in [2.75, 3.05) is 9.80 Å². The van der Waals surface area contributed by atoms with Gasteiger partial charge in [-0.25, -0.2) is 14.6 Å². The van der Waals surface area contributed by atoms with Crippen LogP contribution >= 0.6 is 11.6 Å². The van der Waals surface area contributed by atoms with Gasteiger partial charge in [-0.15, -0.1) is 0 Å². The average Bonchev–Trinajstić information content (AvgIpc) is 2.84. The van der Waals surface area contributed by atoms with Gasteiger partial charge in [0.2, 0.25) is 0 Å². The van der Waals surface area contributed by atoms with Gasteiger partial charge in [0.15, 0.2) is 0 Å². The van der Waals surface area contributed by atoms with E-state index in [2.05, 4.69) is 0 Å². The molecule has 3 aromatic rings. The first-order chi connectivity index (χ1) is 12.1. The molecule has 122 valence electrons. The minimum Gasteiger partial charge on any atom is -0.262 e. The van der Waals surface area contributed by atoms with E-state index in [0.29, 0.717) is 16.1 Å². The number of carbonyl (C=O) groups excluding carboxylic acids is 3. The van der Waals surface area contributed by atoms with Crippen molar-refractivity contribution in [2.45, 2.75) is 0 Å². The third-order valence-corrected chi connectivity index (χ3v) is 4.28. The van der Waals surface area contributed by atoms with Crippen LogP contribution in [0, 0.1) is 0 Å². The maximum Gasteiger partial charge on any atom is 0.343 e. The molecule has 0 unspecified atom stereocenters. The molecule has 0 bridgehead atoms. The smallest absolute Gasteiger partial charge is 0.262 e. The van der Waals surface area contributed by atoms with Crippen LogP contribution in [0.2, 0.25) is 5.02 Å². The fourth-order valence-corrected chi connectivity index (χ4v) is 3.11. The summed E-state index contributed by atoms with van der Waals surface area (Å²) in [6.07, 6.45) is 0. The molecule has 1 aliphatic heterocycles. The van der Waals surface area contributed by atoms with Crippen molar-refractivity contribution >= 4 is 51.6 Å². The molecule has 5 nitrogen and oxygen atoms in total. The van der Waals surface area contributed by atoms with E-state index in [9.17, 15) is 14.4 Å². The quantitative estimate of drug-likeness (QED) is 0.518. The van der Waals surface area contributed by atoms with Crippen LogP contribution in [-0.2, 0) is 9.59 Å². The molecule has 1 aliphatic rings. The second-order valence-corrected chi connectivity index (χ2v) is 5.98. The molecule has 1 fully saturated rings. The summed E-state index contributed by atoms with van der Waals surface area (Å²) < 4.78 is 0. The summed E-state index contributed by atoms with van der Waals surface area (Å²) in [7, 11) is 0. The molecule has 3 aromatic carbocycles. The molecular weight excluding hydrogens is 340 g/mol. The maximum absolute atomic E-state index is 12.8. The molecule has 0 N–H and O–H groups in total. The van der Waals surface area contributed by atoms with Crippen LogP contribution in [0.5, 0.6) is 0 Å². The van der Waals surface area contributed by atoms with Crippen molar-refractivity contribution in [3.63, 3.8) is 0 Å². The molecule has 25 heavy (non-hydrogen) atoms. The Labute approximate surface area is 148 Å². The molecule has 4 rings (SSSR count). The molecule has 6 heteroatoms. The lowest BCUT2D eigenvalue weighted by Crippen LogP contribution is -2.33. The van der Waals surface area contributed by atoms with Gasteiger partial charge in [0.1, 0.15) is 0 Å². The summed E-state index contributed by atoms with van der Waals surface area (Å²) in [5.41, 5.74) is 0.643. The molecule has 1 saturated heterocycles. The molecule has 1 heterocycles. The second kappa shape index (κ2) is 5.72. The lowest BCUT2D eigenvalue weighted by atomic mass is 10.1. The minimum absolute atomic E-state index is 0.263. The van der Waals surface area contributed by atoms with Crippen LogP contribution in [0.25, 0.3) is 10.8 Å². The van der Waals surface area contributed by atoms with Crippen molar-refractivity contribution in [1.82, 2.24) is 0 Å². The second-order valence-electron chi connectivity index (χ2n) is 5.54. The van der Waals surface area contributed by atoms with E-state index in [1.165, 1.54) is 6.07 Å². The highest BCUT2D eigenvalue weighted by molar-refractivity contribution is 6.60. The fourth-order valence-electron chi connectivity index (χ4n) is 2.92. The molecule has 4 amide bonds. The van der Waals surface area contributed by atoms with Gasteiger partial charge < -0.3 is 0 Å². The highest BCUT2D eigenvalue weighted by Crippen LogP contribution is 2.32. The Morgan fingerprint density at radius 2 is 1.40 bits per heavy atom. The van der Waals surface area contributed by atoms with Gasteiger partial charge in [0, 0.05) is 10.4 Å². The number of imide groups is 2. The highest BCUT2D eigenvalue weighted by atomic mass is 35.5. The van der Waals surface area contributed by atoms with Gasteiger partial charge in [0.25, 0.3) is 0 Å². The van der Waals surface area contributed by atoms with E-state index >= 15 is 0 Å². The van der Waals surface area contributed by atoms with Crippen LogP contribution in [0.3, 0.4) is 0 Å². The fraction of sp³-hybridized carbons (Fsp3) is 0. The summed E-state index contributed by atoms with van der Waals surface area (Å²) in [4.78, 5) is 39.5. The predicted molar refractivity (Wildman–Crippen MR) is 95.8 cm³/mol. The predicted octanol–water partition coefficient (Wildman–Crippen LogP) is 3.99. The monoisotopic (exact) mass is 350 g/mol. The van der Waals surface area contributed by atoms with Gasteiger partial charge in [0.05, 0.1) is 11.4 Å². The lowest BCUT2D eigenvalue weighted by Gasteiger charge is -2.17. The molecule has 0 saturated carbocycles. The minimum atomic E-state index is -0.903. The molecule has 0 radical (unpaired) electrons. The number of nitrogens with zero attached hydrogens (tertiary/aromatic N) is 2. The largest absolute Gasteiger partial charge is 0.343 e. The van der Waals surface area contributed by atoms with Gasteiger partial charge in [-0.1, -0.05) is 54.1 Å². The van der Waals surface area contributed by atoms with E-state index in [4.69, 9.17) is 11.6 Å². The molecule has 0 aliphatic carbocycles. The van der Waals surface area contributed by atoms with Crippen molar-refractivity contribution in [3.8, 4) is 0 Å². The normalized spacial score (nSPS) is 14.7. The van der Waals surface area contributed by atoms with Crippen LogP contribution in [0.15, 0.2) is 66.7 Å². The number of halogens is 1. The van der Waals surface area contributed by atoms with Crippen LogP contribution < -0.4 is 9.80 Å². The number of hydrogen-bond donors (Lipinski definition) is 0. The Morgan fingerprint density at radius 1 is 0.720 bits per heavy atom. The number of hydrogen-bond acceptors (Lipinski definition) is 3. The summed E-state index contributed by atoms with van der Waals surface area (Å²) in [5.74, 6) is -1.79. The maximum atomic E-state index is 12.8. The van der Waals surface area contributed by atoms with Crippen LogP contribution in [0.1, 0.15) is 0 Å². The average molecular weight is 351 g/mol. The number of amides is 4. The Balaban J connectivity index is 1.85. The van der Waals surface area contributed by atoms with E-state index < -0.39 is 17.8 Å². The molecule has 0 spiro atoms.